The van der Waals surface area contributed by atoms with Gasteiger partial charge in [-0.15, -0.1) is 0 Å². The molecule has 0 aromatic carbocycles. The summed E-state index contributed by atoms with van der Waals surface area (Å²) in [5, 5.41) is 3.15. The number of carbonyl (C=O) groups excluding carboxylic acids is 1. The predicted molar refractivity (Wildman–Crippen MR) is 82.0 cm³/mol. The number of hydrogen-bond acceptors (Lipinski definition) is 3. The van der Waals surface area contributed by atoms with Crippen molar-refractivity contribution >= 4 is 5.91 Å². The van der Waals surface area contributed by atoms with Crippen LogP contribution in [0, 0.1) is 11.3 Å². The second-order valence-corrected chi connectivity index (χ2v) is 6.88. The Balaban J connectivity index is 4.20. The van der Waals surface area contributed by atoms with Crippen molar-refractivity contribution in [1.29, 1.82) is 0 Å². The summed E-state index contributed by atoms with van der Waals surface area (Å²) in [6.07, 6.45) is 2.44. The van der Waals surface area contributed by atoms with Gasteiger partial charge in [0.05, 0.1) is 0 Å². The van der Waals surface area contributed by atoms with E-state index in [0.29, 0.717) is 18.9 Å². The second-order valence-electron chi connectivity index (χ2n) is 6.88. The van der Waals surface area contributed by atoms with Gasteiger partial charge in [0.2, 0.25) is 5.91 Å². The van der Waals surface area contributed by atoms with Gasteiger partial charge >= 0.3 is 0 Å². The Morgan fingerprint density at radius 1 is 1.26 bits per heavy atom. The molecule has 0 aromatic heterocycles. The molecule has 0 saturated heterocycles. The zero-order chi connectivity index (χ0) is 15.1. The molecule has 0 fully saturated rings. The maximum atomic E-state index is 12.0. The fourth-order valence-electron chi connectivity index (χ4n) is 2.06. The van der Waals surface area contributed by atoms with Crippen molar-refractivity contribution in [2.24, 2.45) is 17.1 Å². The normalized spacial score (nSPS) is 13.9. The summed E-state index contributed by atoms with van der Waals surface area (Å²) in [6, 6.07) is 0.222. The van der Waals surface area contributed by atoms with Gasteiger partial charge in [0.25, 0.3) is 0 Å². The van der Waals surface area contributed by atoms with Crippen molar-refractivity contribution in [3.63, 3.8) is 0 Å². The third-order valence-electron chi connectivity index (χ3n) is 3.56. The van der Waals surface area contributed by atoms with Crippen LogP contribution in [0.4, 0.5) is 0 Å². The van der Waals surface area contributed by atoms with Crippen LogP contribution in [0.1, 0.15) is 47.0 Å². The Labute approximate surface area is 119 Å². The van der Waals surface area contributed by atoms with Crippen molar-refractivity contribution in [3.8, 4) is 0 Å². The van der Waals surface area contributed by atoms with Gasteiger partial charge in [-0.2, -0.15) is 0 Å². The van der Waals surface area contributed by atoms with E-state index in [1.807, 2.05) is 14.1 Å². The molecule has 114 valence electrons. The van der Waals surface area contributed by atoms with E-state index in [9.17, 15) is 4.79 Å². The van der Waals surface area contributed by atoms with Crippen LogP contribution in [0.2, 0.25) is 0 Å². The smallest absolute Gasteiger partial charge is 0.220 e. The largest absolute Gasteiger partial charge is 0.352 e. The lowest BCUT2D eigenvalue weighted by Gasteiger charge is -2.27. The van der Waals surface area contributed by atoms with E-state index in [0.717, 1.165) is 19.4 Å². The number of nitrogens with zero attached hydrogens (tertiary/aromatic N) is 1. The average molecular weight is 271 g/mol. The summed E-state index contributed by atoms with van der Waals surface area (Å²) in [6.45, 7) is 10.2. The Bertz CT molecular complexity index is 262. The SMILES string of the molecule is CC(C)C(CN(C)C)NC(=O)CCC(C)(C)CCN. The summed E-state index contributed by atoms with van der Waals surface area (Å²) in [5.41, 5.74) is 5.74. The summed E-state index contributed by atoms with van der Waals surface area (Å²) in [4.78, 5) is 14.1. The van der Waals surface area contributed by atoms with E-state index in [-0.39, 0.29) is 17.4 Å². The first kappa shape index (κ1) is 18.4. The van der Waals surface area contributed by atoms with E-state index in [4.69, 9.17) is 5.73 Å². The number of likely N-dealkylation sites (N-methyl/N-ethyl adjacent to an activating group) is 1. The molecule has 0 rings (SSSR count). The molecule has 0 aliphatic carbocycles. The van der Waals surface area contributed by atoms with Crippen LogP contribution in [0.15, 0.2) is 0 Å². The Hall–Kier alpha value is -0.610. The molecular formula is C15H33N3O. The monoisotopic (exact) mass is 271 g/mol. The summed E-state index contributed by atoms with van der Waals surface area (Å²) in [5.74, 6) is 0.606. The first-order chi connectivity index (χ1) is 8.68. The van der Waals surface area contributed by atoms with Crippen LogP contribution in [0.3, 0.4) is 0 Å². The van der Waals surface area contributed by atoms with Crippen LogP contribution in [-0.2, 0) is 4.79 Å². The maximum Gasteiger partial charge on any atom is 0.220 e. The van der Waals surface area contributed by atoms with Crippen LogP contribution in [0.5, 0.6) is 0 Å². The third kappa shape index (κ3) is 9.00. The molecule has 4 heteroatoms. The Kier molecular flexibility index (Phi) is 8.26. The molecule has 0 spiro atoms. The van der Waals surface area contributed by atoms with Crippen LogP contribution in [0.25, 0.3) is 0 Å². The molecule has 3 N–H and O–H groups in total. The van der Waals surface area contributed by atoms with Crippen LogP contribution < -0.4 is 11.1 Å². The van der Waals surface area contributed by atoms with E-state index < -0.39 is 0 Å². The quantitative estimate of drug-likeness (QED) is 0.673. The summed E-state index contributed by atoms with van der Waals surface area (Å²) in [7, 11) is 4.07. The number of carbonyl (C=O) groups is 1. The summed E-state index contributed by atoms with van der Waals surface area (Å²) >= 11 is 0. The van der Waals surface area contributed by atoms with Gasteiger partial charge < -0.3 is 16.0 Å². The molecule has 0 aliphatic heterocycles. The minimum absolute atomic E-state index is 0.154. The number of hydrogen-bond donors (Lipinski definition) is 2. The van der Waals surface area contributed by atoms with Crippen molar-refractivity contribution in [3.05, 3.63) is 0 Å². The molecule has 0 radical (unpaired) electrons. The average Bonchev–Trinajstić information content (AvgIpc) is 2.25. The van der Waals surface area contributed by atoms with E-state index in [2.05, 4.69) is 37.9 Å². The maximum absolute atomic E-state index is 12.0. The molecular weight excluding hydrogens is 238 g/mol. The number of rotatable bonds is 9. The molecule has 19 heavy (non-hydrogen) atoms. The van der Waals surface area contributed by atoms with Crippen molar-refractivity contribution < 1.29 is 4.79 Å². The van der Waals surface area contributed by atoms with Gasteiger partial charge in [-0.1, -0.05) is 27.7 Å². The number of nitrogens with two attached hydrogens (primary N) is 1. The topological polar surface area (TPSA) is 58.4 Å². The zero-order valence-electron chi connectivity index (χ0n) is 13.6. The number of nitrogens with one attached hydrogen (secondary N) is 1. The zero-order valence-corrected chi connectivity index (χ0v) is 13.6. The van der Waals surface area contributed by atoms with Crippen LogP contribution in [-0.4, -0.2) is 44.0 Å². The molecule has 0 saturated carbocycles. The lowest BCUT2D eigenvalue weighted by Crippen LogP contribution is -2.45. The van der Waals surface area contributed by atoms with Gasteiger partial charge in [-0.25, -0.2) is 0 Å². The second kappa shape index (κ2) is 8.54. The first-order valence-electron chi connectivity index (χ1n) is 7.32. The highest BCUT2D eigenvalue weighted by Gasteiger charge is 2.21. The molecule has 0 aromatic rings. The standard InChI is InChI=1S/C15H33N3O/c1-12(2)13(11-18(5)6)17-14(19)7-8-15(3,4)9-10-16/h12-13H,7-11,16H2,1-6H3,(H,17,19). The minimum Gasteiger partial charge on any atom is -0.352 e. The molecule has 1 unspecified atom stereocenters. The van der Waals surface area contributed by atoms with Gasteiger partial charge in [0.15, 0.2) is 0 Å². The molecule has 0 heterocycles. The van der Waals surface area contributed by atoms with E-state index in [1.165, 1.54) is 0 Å². The highest BCUT2D eigenvalue weighted by molar-refractivity contribution is 5.76. The molecule has 1 atom stereocenters. The molecule has 4 nitrogen and oxygen atoms in total. The summed E-state index contributed by atoms with van der Waals surface area (Å²) < 4.78 is 0. The van der Waals surface area contributed by atoms with Gasteiger partial charge in [-0.3, -0.25) is 4.79 Å². The van der Waals surface area contributed by atoms with Gasteiger partial charge in [0, 0.05) is 19.0 Å². The minimum atomic E-state index is 0.154. The van der Waals surface area contributed by atoms with Crippen molar-refractivity contribution in [2.45, 2.75) is 53.0 Å². The lowest BCUT2D eigenvalue weighted by atomic mass is 9.84. The highest BCUT2D eigenvalue weighted by Crippen LogP contribution is 2.25. The van der Waals surface area contributed by atoms with Crippen molar-refractivity contribution in [2.75, 3.05) is 27.2 Å². The number of amides is 1. The van der Waals surface area contributed by atoms with Crippen molar-refractivity contribution in [1.82, 2.24) is 10.2 Å². The van der Waals surface area contributed by atoms with Crippen LogP contribution >= 0.6 is 0 Å². The lowest BCUT2D eigenvalue weighted by molar-refractivity contribution is -0.122. The predicted octanol–water partition coefficient (Wildman–Crippen LogP) is 1.84. The Morgan fingerprint density at radius 3 is 2.26 bits per heavy atom. The fraction of sp³-hybridized carbons (Fsp3) is 0.933. The molecule has 0 bridgehead atoms. The molecule has 0 aliphatic rings. The molecule has 1 amide bonds. The van der Waals surface area contributed by atoms with E-state index in [1.54, 1.807) is 0 Å². The fourth-order valence-corrected chi connectivity index (χ4v) is 2.06. The van der Waals surface area contributed by atoms with Gasteiger partial charge in [0.1, 0.15) is 0 Å². The third-order valence-corrected chi connectivity index (χ3v) is 3.56. The Morgan fingerprint density at radius 2 is 1.84 bits per heavy atom. The van der Waals surface area contributed by atoms with E-state index >= 15 is 0 Å². The highest BCUT2D eigenvalue weighted by atomic mass is 16.1. The first-order valence-corrected chi connectivity index (χ1v) is 7.32. The van der Waals surface area contributed by atoms with Gasteiger partial charge in [-0.05, 0) is 44.8 Å².